The third-order valence-corrected chi connectivity index (χ3v) is 5.23. The van der Waals surface area contributed by atoms with Crippen molar-refractivity contribution in [3.63, 3.8) is 0 Å². The zero-order valence-electron chi connectivity index (χ0n) is 13.8. The SMILES string of the molecule is O=C(c1ccc(F)c(Cl)c1)N1CCCCC1CCN1CCOCC1. The van der Waals surface area contributed by atoms with Crippen LogP contribution < -0.4 is 0 Å². The van der Waals surface area contributed by atoms with Gasteiger partial charge in [0.15, 0.2) is 0 Å². The van der Waals surface area contributed by atoms with Gasteiger partial charge in [0.1, 0.15) is 5.82 Å². The molecule has 1 aromatic carbocycles. The topological polar surface area (TPSA) is 32.8 Å². The zero-order valence-corrected chi connectivity index (χ0v) is 14.6. The maximum absolute atomic E-state index is 13.3. The van der Waals surface area contributed by atoms with Crippen LogP contribution in [0.4, 0.5) is 4.39 Å². The lowest BCUT2D eigenvalue weighted by atomic mass is 9.97. The van der Waals surface area contributed by atoms with Gasteiger partial charge in [-0.15, -0.1) is 0 Å². The van der Waals surface area contributed by atoms with E-state index in [1.807, 2.05) is 4.90 Å². The van der Waals surface area contributed by atoms with Crippen LogP contribution >= 0.6 is 11.6 Å². The number of nitrogens with zero attached hydrogens (tertiary/aromatic N) is 2. The lowest BCUT2D eigenvalue weighted by Gasteiger charge is -2.37. The Bertz CT molecular complexity index is 578. The summed E-state index contributed by atoms with van der Waals surface area (Å²) >= 11 is 5.83. The minimum absolute atomic E-state index is 0.00252. The van der Waals surface area contributed by atoms with Crippen molar-refractivity contribution in [2.24, 2.45) is 0 Å². The second-order valence-corrected chi connectivity index (χ2v) is 6.93. The number of piperidine rings is 1. The number of carbonyl (C=O) groups is 1. The first kappa shape index (κ1) is 17.6. The van der Waals surface area contributed by atoms with Crippen molar-refractivity contribution in [2.75, 3.05) is 39.4 Å². The van der Waals surface area contributed by atoms with Crippen molar-refractivity contribution in [3.05, 3.63) is 34.6 Å². The average molecular weight is 355 g/mol. The molecular weight excluding hydrogens is 331 g/mol. The van der Waals surface area contributed by atoms with Crippen LogP contribution in [0.25, 0.3) is 0 Å². The maximum atomic E-state index is 13.3. The number of rotatable bonds is 4. The van der Waals surface area contributed by atoms with E-state index in [4.69, 9.17) is 16.3 Å². The Hall–Kier alpha value is -1.17. The van der Waals surface area contributed by atoms with Gasteiger partial charge in [-0.05, 0) is 43.9 Å². The summed E-state index contributed by atoms with van der Waals surface area (Å²) in [5.41, 5.74) is 0.472. The molecule has 4 nitrogen and oxygen atoms in total. The molecule has 3 rings (SSSR count). The summed E-state index contributed by atoms with van der Waals surface area (Å²) in [5, 5.41) is 0.00252. The van der Waals surface area contributed by atoms with E-state index in [1.54, 1.807) is 0 Å². The third kappa shape index (κ3) is 4.26. The molecule has 2 saturated heterocycles. The molecule has 1 unspecified atom stereocenters. The fourth-order valence-electron chi connectivity index (χ4n) is 3.52. The second-order valence-electron chi connectivity index (χ2n) is 6.52. The minimum Gasteiger partial charge on any atom is -0.379 e. The number of ether oxygens (including phenoxy) is 1. The van der Waals surface area contributed by atoms with Crippen LogP contribution in [0.1, 0.15) is 36.0 Å². The number of hydrogen-bond donors (Lipinski definition) is 0. The van der Waals surface area contributed by atoms with E-state index in [0.29, 0.717) is 5.56 Å². The number of carbonyl (C=O) groups excluding carboxylic acids is 1. The molecule has 2 fully saturated rings. The Kier molecular flexibility index (Phi) is 6.09. The third-order valence-electron chi connectivity index (χ3n) is 4.94. The molecule has 0 aromatic heterocycles. The van der Waals surface area contributed by atoms with Gasteiger partial charge < -0.3 is 9.64 Å². The van der Waals surface area contributed by atoms with Crippen molar-refractivity contribution >= 4 is 17.5 Å². The maximum Gasteiger partial charge on any atom is 0.254 e. The van der Waals surface area contributed by atoms with Crippen LogP contribution in [0.3, 0.4) is 0 Å². The molecule has 132 valence electrons. The predicted octanol–water partition coefficient (Wildman–Crippen LogP) is 3.20. The lowest BCUT2D eigenvalue weighted by molar-refractivity contribution is 0.0295. The Morgan fingerprint density at radius 1 is 1.25 bits per heavy atom. The highest BCUT2D eigenvalue weighted by Gasteiger charge is 2.28. The van der Waals surface area contributed by atoms with Gasteiger partial charge in [-0.3, -0.25) is 9.69 Å². The molecule has 2 aliphatic heterocycles. The van der Waals surface area contributed by atoms with Crippen LogP contribution in [0, 0.1) is 5.82 Å². The van der Waals surface area contributed by atoms with E-state index in [1.165, 1.54) is 18.2 Å². The van der Waals surface area contributed by atoms with Gasteiger partial charge in [0.05, 0.1) is 18.2 Å². The van der Waals surface area contributed by atoms with Crippen molar-refractivity contribution in [1.82, 2.24) is 9.80 Å². The first-order valence-electron chi connectivity index (χ1n) is 8.71. The van der Waals surface area contributed by atoms with Crippen LogP contribution in [0.2, 0.25) is 5.02 Å². The van der Waals surface area contributed by atoms with Gasteiger partial charge in [0, 0.05) is 37.8 Å². The molecule has 0 radical (unpaired) electrons. The van der Waals surface area contributed by atoms with Crippen molar-refractivity contribution in [3.8, 4) is 0 Å². The van der Waals surface area contributed by atoms with Crippen molar-refractivity contribution in [2.45, 2.75) is 31.7 Å². The number of amides is 1. The molecule has 0 aliphatic carbocycles. The van der Waals surface area contributed by atoms with E-state index in [2.05, 4.69) is 4.90 Å². The fraction of sp³-hybridized carbons (Fsp3) is 0.611. The predicted molar refractivity (Wildman–Crippen MR) is 92.0 cm³/mol. The number of halogens is 2. The highest BCUT2D eigenvalue weighted by Crippen LogP contribution is 2.24. The summed E-state index contributed by atoms with van der Waals surface area (Å²) in [5.74, 6) is -0.528. The van der Waals surface area contributed by atoms with Gasteiger partial charge in [0.25, 0.3) is 5.91 Å². The molecule has 1 aromatic rings. The van der Waals surface area contributed by atoms with Crippen LogP contribution in [-0.2, 0) is 4.74 Å². The number of likely N-dealkylation sites (tertiary alicyclic amines) is 1. The van der Waals surface area contributed by atoms with E-state index in [9.17, 15) is 9.18 Å². The van der Waals surface area contributed by atoms with Crippen LogP contribution in [0.15, 0.2) is 18.2 Å². The molecule has 24 heavy (non-hydrogen) atoms. The summed E-state index contributed by atoms with van der Waals surface area (Å²) < 4.78 is 18.7. The second kappa shape index (κ2) is 8.28. The Morgan fingerprint density at radius 3 is 2.79 bits per heavy atom. The van der Waals surface area contributed by atoms with Gasteiger partial charge in [-0.25, -0.2) is 4.39 Å². The lowest BCUT2D eigenvalue weighted by Crippen LogP contribution is -2.46. The van der Waals surface area contributed by atoms with Crippen molar-refractivity contribution < 1.29 is 13.9 Å². The first-order chi connectivity index (χ1) is 11.6. The van der Waals surface area contributed by atoms with E-state index >= 15 is 0 Å². The quantitative estimate of drug-likeness (QED) is 0.832. The largest absolute Gasteiger partial charge is 0.379 e. The number of hydrogen-bond acceptors (Lipinski definition) is 3. The summed E-state index contributed by atoms with van der Waals surface area (Å²) in [6.45, 7) is 5.27. The Labute approximate surface area is 147 Å². The molecule has 2 aliphatic rings. The molecular formula is C18H24ClFN2O2. The van der Waals surface area contributed by atoms with Gasteiger partial charge >= 0.3 is 0 Å². The molecule has 6 heteroatoms. The molecule has 1 atom stereocenters. The zero-order chi connectivity index (χ0) is 16.9. The molecule has 0 N–H and O–H groups in total. The van der Waals surface area contributed by atoms with Crippen molar-refractivity contribution in [1.29, 1.82) is 0 Å². The van der Waals surface area contributed by atoms with Crippen LogP contribution in [0.5, 0.6) is 0 Å². The summed E-state index contributed by atoms with van der Waals surface area (Å²) in [6.07, 6.45) is 4.18. The van der Waals surface area contributed by atoms with E-state index in [-0.39, 0.29) is 17.0 Å². The van der Waals surface area contributed by atoms with E-state index < -0.39 is 5.82 Å². The summed E-state index contributed by atoms with van der Waals surface area (Å²) in [4.78, 5) is 17.2. The molecule has 2 heterocycles. The highest BCUT2D eigenvalue weighted by atomic mass is 35.5. The van der Waals surface area contributed by atoms with Gasteiger partial charge in [0.2, 0.25) is 0 Å². The van der Waals surface area contributed by atoms with Crippen LogP contribution in [-0.4, -0.2) is 61.1 Å². The fourth-order valence-corrected chi connectivity index (χ4v) is 3.70. The first-order valence-corrected chi connectivity index (χ1v) is 9.09. The van der Waals surface area contributed by atoms with E-state index in [0.717, 1.165) is 65.1 Å². The van der Waals surface area contributed by atoms with Gasteiger partial charge in [-0.1, -0.05) is 11.6 Å². The number of benzene rings is 1. The smallest absolute Gasteiger partial charge is 0.254 e. The number of morpholine rings is 1. The average Bonchev–Trinajstić information content (AvgIpc) is 2.63. The summed E-state index contributed by atoms with van der Waals surface area (Å²) in [7, 11) is 0. The Balaban J connectivity index is 1.64. The highest BCUT2D eigenvalue weighted by molar-refractivity contribution is 6.31. The summed E-state index contributed by atoms with van der Waals surface area (Å²) in [6, 6.07) is 4.48. The molecule has 0 spiro atoms. The standard InChI is InChI=1S/C18H24ClFN2O2/c19-16-13-14(4-5-17(16)20)18(23)22-7-2-1-3-15(22)6-8-21-9-11-24-12-10-21/h4-5,13,15H,1-3,6-12H2. The molecule has 1 amide bonds. The monoisotopic (exact) mass is 354 g/mol. The minimum atomic E-state index is -0.490. The van der Waals surface area contributed by atoms with Gasteiger partial charge in [-0.2, -0.15) is 0 Å². The molecule has 0 saturated carbocycles. The molecule has 0 bridgehead atoms. The normalized spacial score (nSPS) is 22.6. The Morgan fingerprint density at radius 2 is 2.04 bits per heavy atom.